The molecule has 0 saturated carbocycles. The zero-order valence-electron chi connectivity index (χ0n) is 21.1. The van der Waals surface area contributed by atoms with Crippen molar-refractivity contribution in [2.75, 3.05) is 37.0 Å². The predicted octanol–water partition coefficient (Wildman–Crippen LogP) is 4.83. The maximum absolute atomic E-state index is 13.6. The highest BCUT2D eigenvalue weighted by atomic mass is 35.5. The van der Waals surface area contributed by atoms with E-state index in [2.05, 4.69) is 36.1 Å². The minimum absolute atomic E-state index is 0.0880. The molecule has 0 radical (unpaired) electrons. The van der Waals surface area contributed by atoms with Gasteiger partial charge < -0.3 is 9.80 Å². The molecule has 0 aliphatic carbocycles. The standard InChI is InChI=1S/C28H30ClFN6O/c1-19-4-6-21(7-5-19)18-24-31-27(35-15-3-14-34(16-17-35)25(37)12-13-29)26-20(2)33-36(28(26)32-24)23-10-8-22(30)9-11-23/h4-11H,3,12-18H2,1-2H3. The first-order chi connectivity index (χ1) is 17.9. The quantitative estimate of drug-likeness (QED) is 0.341. The number of carbonyl (C=O) groups is 1. The fraction of sp³-hybridized carbons (Fsp3) is 0.357. The zero-order valence-corrected chi connectivity index (χ0v) is 21.9. The van der Waals surface area contributed by atoms with Crippen LogP contribution in [0.5, 0.6) is 0 Å². The van der Waals surface area contributed by atoms with Crippen molar-refractivity contribution in [3.8, 4) is 5.69 Å². The molecule has 1 aliphatic rings. The van der Waals surface area contributed by atoms with E-state index in [1.54, 1.807) is 16.8 Å². The van der Waals surface area contributed by atoms with E-state index < -0.39 is 0 Å². The van der Waals surface area contributed by atoms with Crippen molar-refractivity contribution in [1.82, 2.24) is 24.6 Å². The van der Waals surface area contributed by atoms with E-state index >= 15 is 0 Å². The van der Waals surface area contributed by atoms with Gasteiger partial charge in [0.25, 0.3) is 0 Å². The summed E-state index contributed by atoms with van der Waals surface area (Å²) in [7, 11) is 0. The molecule has 1 aliphatic heterocycles. The Morgan fingerprint density at radius 3 is 2.46 bits per heavy atom. The van der Waals surface area contributed by atoms with Crippen LogP contribution in [-0.2, 0) is 11.2 Å². The van der Waals surface area contributed by atoms with Gasteiger partial charge >= 0.3 is 0 Å². The van der Waals surface area contributed by atoms with E-state index in [9.17, 15) is 9.18 Å². The summed E-state index contributed by atoms with van der Waals surface area (Å²) in [5, 5.41) is 5.65. The molecule has 0 spiro atoms. The van der Waals surface area contributed by atoms with Crippen molar-refractivity contribution >= 4 is 34.4 Å². The number of fused-ring (bicyclic) bond motifs is 1. The Bertz CT molecular complexity index is 1400. The Hall–Kier alpha value is -3.52. The van der Waals surface area contributed by atoms with Gasteiger partial charge in [-0.2, -0.15) is 5.10 Å². The fourth-order valence-corrected chi connectivity index (χ4v) is 4.94. The van der Waals surface area contributed by atoms with Gasteiger partial charge in [0.15, 0.2) is 5.65 Å². The molecular formula is C28H30ClFN6O. The number of hydrogen-bond donors (Lipinski definition) is 0. The van der Waals surface area contributed by atoms with E-state index in [1.807, 2.05) is 11.8 Å². The molecular weight excluding hydrogens is 491 g/mol. The minimum Gasteiger partial charge on any atom is -0.354 e. The maximum atomic E-state index is 13.6. The average molecular weight is 521 g/mol. The molecule has 0 unspecified atom stereocenters. The second-order valence-corrected chi connectivity index (χ2v) is 9.84. The molecule has 37 heavy (non-hydrogen) atoms. The highest BCUT2D eigenvalue weighted by molar-refractivity contribution is 6.18. The summed E-state index contributed by atoms with van der Waals surface area (Å²) in [5.74, 6) is 1.63. The molecule has 1 amide bonds. The summed E-state index contributed by atoms with van der Waals surface area (Å²) in [5.41, 5.74) is 4.54. The maximum Gasteiger partial charge on any atom is 0.223 e. The molecule has 0 bridgehead atoms. The molecule has 5 rings (SSSR count). The summed E-state index contributed by atoms with van der Waals surface area (Å²) < 4.78 is 15.4. The smallest absolute Gasteiger partial charge is 0.223 e. The molecule has 0 atom stereocenters. The van der Waals surface area contributed by atoms with Crippen molar-refractivity contribution in [3.63, 3.8) is 0 Å². The van der Waals surface area contributed by atoms with Crippen LogP contribution in [0.25, 0.3) is 16.7 Å². The lowest BCUT2D eigenvalue weighted by molar-refractivity contribution is -0.130. The third kappa shape index (κ3) is 5.44. The van der Waals surface area contributed by atoms with Gasteiger partial charge in [0.1, 0.15) is 17.5 Å². The lowest BCUT2D eigenvalue weighted by atomic mass is 10.1. The summed E-state index contributed by atoms with van der Waals surface area (Å²) in [6.07, 6.45) is 1.76. The van der Waals surface area contributed by atoms with Crippen LogP contribution in [0.1, 0.15) is 35.5 Å². The van der Waals surface area contributed by atoms with Gasteiger partial charge in [-0.3, -0.25) is 4.79 Å². The number of halogens is 2. The fourth-order valence-electron chi connectivity index (χ4n) is 4.78. The third-order valence-electron chi connectivity index (χ3n) is 6.74. The van der Waals surface area contributed by atoms with Crippen molar-refractivity contribution < 1.29 is 9.18 Å². The Kier molecular flexibility index (Phi) is 7.37. The van der Waals surface area contributed by atoms with E-state index in [1.165, 1.54) is 17.7 Å². The molecule has 4 aromatic rings. The molecule has 3 heterocycles. The number of rotatable bonds is 6. The number of hydrogen-bond acceptors (Lipinski definition) is 5. The van der Waals surface area contributed by atoms with Gasteiger partial charge in [-0.05, 0) is 50.1 Å². The summed E-state index contributed by atoms with van der Waals surface area (Å²) in [6.45, 7) is 6.75. The first-order valence-corrected chi connectivity index (χ1v) is 13.1. The Balaban J connectivity index is 1.58. The van der Waals surface area contributed by atoms with Crippen molar-refractivity contribution in [2.45, 2.75) is 33.1 Å². The molecule has 192 valence electrons. The number of amides is 1. The highest BCUT2D eigenvalue weighted by Crippen LogP contribution is 2.30. The Labute approximate surface area is 220 Å². The van der Waals surface area contributed by atoms with Gasteiger partial charge in [-0.15, -0.1) is 11.6 Å². The summed E-state index contributed by atoms with van der Waals surface area (Å²) in [4.78, 5) is 26.6. The van der Waals surface area contributed by atoms with E-state index in [0.29, 0.717) is 49.8 Å². The molecule has 2 aromatic heterocycles. The van der Waals surface area contributed by atoms with E-state index in [-0.39, 0.29) is 11.7 Å². The van der Waals surface area contributed by atoms with Crippen LogP contribution in [0.4, 0.5) is 10.2 Å². The van der Waals surface area contributed by atoms with E-state index in [0.717, 1.165) is 41.1 Å². The Morgan fingerprint density at radius 1 is 0.973 bits per heavy atom. The molecule has 2 aromatic carbocycles. The monoisotopic (exact) mass is 520 g/mol. The molecule has 7 nitrogen and oxygen atoms in total. The number of alkyl halides is 1. The van der Waals surface area contributed by atoms with Crippen LogP contribution < -0.4 is 4.90 Å². The average Bonchev–Trinajstić information content (AvgIpc) is 3.05. The van der Waals surface area contributed by atoms with Crippen LogP contribution in [0.2, 0.25) is 0 Å². The minimum atomic E-state index is -0.301. The number of carbonyl (C=O) groups excluding carboxylic acids is 1. The second-order valence-electron chi connectivity index (χ2n) is 9.46. The number of nitrogens with zero attached hydrogens (tertiary/aromatic N) is 6. The topological polar surface area (TPSA) is 67.2 Å². The Morgan fingerprint density at radius 2 is 1.73 bits per heavy atom. The largest absolute Gasteiger partial charge is 0.354 e. The van der Waals surface area contributed by atoms with Gasteiger partial charge in [-0.25, -0.2) is 19.0 Å². The highest BCUT2D eigenvalue weighted by Gasteiger charge is 2.25. The zero-order chi connectivity index (χ0) is 25.9. The van der Waals surface area contributed by atoms with Crippen LogP contribution >= 0.6 is 11.6 Å². The van der Waals surface area contributed by atoms with Crippen molar-refractivity contribution in [1.29, 1.82) is 0 Å². The first kappa shape index (κ1) is 25.1. The SMILES string of the molecule is Cc1ccc(Cc2nc(N3CCCN(C(=O)CCCl)CC3)c3c(C)nn(-c4ccc(F)cc4)c3n2)cc1. The number of aryl methyl sites for hydroxylation is 2. The van der Waals surface area contributed by atoms with Gasteiger partial charge in [0.05, 0.1) is 16.8 Å². The third-order valence-corrected chi connectivity index (χ3v) is 6.93. The normalized spacial score (nSPS) is 14.3. The number of benzene rings is 2. The number of aromatic nitrogens is 4. The van der Waals surface area contributed by atoms with Gasteiger partial charge in [0, 0.05) is 44.9 Å². The number of anilines is 1. The molecule has 0 N–H and O–H groups in total. The van der Waals surface area contributed by atoms with Crippen LogP contribution in [-0.4, -0.2) is 62.6 Å². The van der Waals surface area contributed by atoms with Crippen LogP contribution in [0, 0.1) is 19.7 Å². The van der Waals surface area contributed by atoms with Crippen LogP contribution in [0.15, 0.2) is 48.5 Å². The van der Waals surface area contributed by atoms with Crippen molar-refractivity contribution in [2.24, 2.45) is 0 Å². The summed E-state index contributed by atoms with van der Waals surface area (Å²) >= 11 is 5.81. The second kappa shape index (κ2) is 10.8. The summed E-state index contributed by atoms with van der Waals surface area (Å²) in [6, 6.07) is 14.6. The van der Waals surface area contributed by atoms with Gasteiger partial charge in [-0.1, -0.05) is 29.8 Å². The molecule has 1 saturated heterocycles. The molecule has 9 heteroatoms. The first-order valence-electron chi connectivity index (χ1n) is 12.6. The van der Waals surface area contributed by atoms with Gasteiger partial charge in [0.2, 0.25) is 5.91 Å². The van der Waals surface area contributed by atoms with Crippen molar-refractivity contribution in [3.05, 3.63) is 77.0 Å². The van der Waals surface area contributed by atoms with Crippen LogP contribution in [0.3, 0.4) is 0 Å². The predicted molar refractivity (Wildman–Crippen MR) is 144 cm³/mol. The van der Waals surface area contributed by atoms with E-state index in [4.69, 9.17) is 26.7 Å². The lowest BCUT2D eigenvalue weighted by Gasteiger charge is -2.24. The molecule has 1 fully saturated rings. The lowest BCUT2D eigenvalue weighted by Crippen LogP contribution is -2.35.